The summed E-state index contributed by atoms with van der Waals surface area (Å²) in [6.45, 7) is 6.88. The van der Waals surface area contributed by atoms with Crippen molar-refractivity contribution in [3.05, 3.63) is 35.4 Å². The van der Waals surface area contributed by atoms with Crippen LogP contribution in [-0.2, 0) is 4.74 Å². The van der Waals surface area contributed by atoms with E-state index < -0.39 is 8.07 Å². The molecule has 0 N–H and O–H groups in total. The fourth-order valence-electron chi connectivity index (χ4n) is 2.68. The van der Waals surface area contributed by atoms with Crippen LogP contribution in [0.4, 0.5) is 0 Å². The molecule has 0 aromatic heterocycles. The molecule has 2 aliphatic rings. The lowest BCUT2D eigenvalue weighted by atomic mass is 9.84. The molecular formula is C15H18OSi. The van der Waals surface area contributed by atoms with Crippen molar-refractivity contribution in [2.75, 3.05) is 0 Å². The Morgan fingerprint density at radius 1 is 1.18 bits per heavy atom. The van der Waals surface area contributed by atoms with Crippen LogP contribution in [0, 0.1) is 17.4 Å². The molecule has 1 aromatic rings. The molecule has 2 bridgehead atoms. The highest BCUT2D eigenvalue weighted by Gasteiger charge is 2.44. The van der Waals surface area contributed by atoms with Crippen LogP contribution in [0.1, 0.15) is 29.8 Å². The van der Waals surface area contributed by atoms with Gasteiger partial charge in [0.05, 0.1) is 18.1 Å². The van der Waals surface area contributed by atoms with Gasteiger partial charge in [0.15, 0.2) is 0 Å². The van der Waals surface area contributed by atoms with Crippen molar-refractivity contribution in [2.24, 2.45) is 5.92 Å². The number of fused-ring (bicyclic) bond motifs is 5. The van der Waals surface area contributed by atoms with Crippen LogP contribution in [0.3, 0.4) is 0 Å². The molecule has 1 aromatic carbocycles. The third-order valence-corrected chi connectivity index (χ3v) is 4.32. The third kappa shape index (κ3) is 1.94. The van der Waals surface area contributed by atoms with Crippen molar-refractivity contribution in [1.29, 1.82) is 0 Å². The first-order chi connectivity index (χ1) is 8.04. The van der Waals surface area contributed by atoms with Gasteiger partial charge >= 0.3 is 0 Å². The Balaban J connectivity index is 1.89. The van der Waals surface area contributed by atoms with Crippen LogP contribution in [-0.4, -0.2) is 8.07 Å². The average molecular weight is 242 g/mol. The van der Waals surface area contributed by atoms with Gasteiger partial charge in [-0.15, -0.1) is 11.5 Å². The molecule has 0 spiro atoms. The van der Waals surface area contributed by atoms with E-state index in [1.54, 1.807) is 0 Å². The van der Waals surface area contributed by atoms with Gasteiger partial charge in [-0.05, 0) is 17.5 Å². The fourth-order valence-corrected chi connectivity index (χ4v) is 3.30. The van der Waals surface area contributed by atoms with Gasteiger partial charge in [0.2, 0.25) is 0 Å². The van der Waals surface area contributed by atoms with Gasteiger partial charge in [0, 0.05) is 0 Å². The molecule has 88 valence electrons. The molecule has 2 heteroatoms. The topological polar surface area (TPSA) is 9.23 Å². The Labute approximate surface area is 104 Å². The zero-order valence-electron chi connectivity index (χ0n) is 10.7. The van der Waals surface area contributed by atoms with Gasteiger partial charge < -0.3 is 4.74 Å². The lowest BCUT2D eigenvalue weighted by molar-refractivity contribution is 0.0657. The molecule has 3 unspecified atom stereocenters. The molecule has 1 fully saturated rings. The Morgan fingerprint density at radius 3 is 2.59 bits per heavy atom. The van der Waals surface area contributed by atoms with Gasteiger partial charge in [-0.2, -0.15) is 0 Å². The summed E-state index contributed by atoms with van der Waals surface area (Å²) in [5, 5.41) is 0. The van der Waals surface area contributed by atoms with Crippen molar-refractivity contribution >= 4 is 8.07 Å². The molecule has 0 amide bonds. The molecule has 3 rings (SSSR count). The summed E-state index contributed by atoms with van der Waals surface area (Å²) in [6, 6.07) is 8.60. The molecule has 1 nitrogen and oxygen atoms in total. The van der Waals surface area contributed by atoms with Gasteiger partial charge in [0.25, 0.3) is 0 Å². The quantitative estimate of drug-likeness (QED) is 0.498. The minimum absolute atomic E-state index is 0.236. The van der Waals surface area contributed by atoms with Gasteiger partial charge in [0.1, 0.15) is 8.07 Å². The van der Waals surface area contributed by atoms with E-state index in [1.807, 2.05) is 0 Å². The Morgan fingerprint density at radius 2 is 1.88 bits per heavy atom. The molecule has 2 aliphatic heterocycles. The normalized spacial score (nSPS) is 29.7. The van der Waals surface area contributed by atoms with Crippen LogP contribution in [0.5, 0.6) is 0 Å². The van der Waals surface area contributed by atoms with Crippen LogP contribution < -0.4 is 0 Å². The third-order valence-electron chi connectivity index (χ3n) is 3.43. The molecule has 3 atom stereocenters. The molecule has 0 aliphatic carbocycles. The summed E-state index contributed by atoms with van der Waals surface area (Å²) in [5.41, 5.74) is 6.25. The molecular weight excluding hydrogens is 224 g/mol. The molecule has 1 saturated heterocycles. The van der Waals surface area contributed by atoms with E-state index in [1.165, 1.54) is 11.1 Å². The number of rotatable bonds is 0. The number of hydrogen-bond donors (Lipinski definition) is 0. The first-order valence-electron chi connectivity index (χ1n) is 6.31. The summed E-state index contributed by atoms with van der Waals surface area (Å²) < 4.78 is 6.03. The van der Waals surface area contributed by atoms with Crippen molar-refractivity contribution in [2.45, 2.75) is 38.3 Å². The van der Waals surface area contributed by atoms with Gasteiger partial charge in [-0.3, -0.25) is 0 Å². The second-order valence-electron chi connectivity index (χ2n) is 6.04. The number of hydrogen-bond acceptors (Lipinski definition) is 1. The summed E-state index contributed by atoms with van der Waals surface area (Å²) >= 11 is 0. The minimum Gasteiger partial charge on any atom is -0.364 e. The summed E-state index contributed by atoms with van der Waals surface area (Å²) in [6.07, 6.45) is 1.62. The van der Waals surface area contributed by atoms with E-state index in [9.17, 15) is 0 Å². The van der Waals surface area contributed by atoms with Crippen LogP contribution in [0.2, 0.25) is 19.6 Å². The Bertz CT molecular complexity index is 504. The van der Waals surface area contributed by atoms with Gasteiger partial charge in [-0.1, -0.05) is 43.9 Å². The van der Waals surface area contributed by atoms with Crippen LogP contribution in [0.25, 0.3) is 0 Å². The first kappa shape index (κ1) is 11.1. The molecule has 2 heterocycles. The highest BCUT2D eigenvalue weighted by atomic mass is 28.3. The molecule has 0 saturated carbocycles. The van der Waals surface area contributed by atoms with Crippen LogP contribution >= 0.6 is 0 Å². The Hall–Kier alpha value is -1.04. The Kier molecular flexibility index (Phi) is 2.43. The van der Waals surface area contributed by atoms with E-state index in [0.717, 1.165) is 6.42 Å². The zero-order valence-corrected chi connectivity index (χ0v) is 11.7. The summed E-state index contributed by atoms with van der Waals surface area (Å²) in [5.74, 6) is 3.90. The maximum absolute atomic E-state index is 6.03. The van der Waals surface area contributed by atoms with E-state index >= 15 is 0 Å². The van der Waals surface area contributed by atoms with E-state index in [-0.39, 0.29) is 6.10 Å². The van der Waals surface area contributed by atoms with Gasteiger partial charge in [-0.25, -0.2) is 0 Å². The standard InChI is InChI=1S/C15H18OSi/c1-17(2,3)9-8-11-10-14-12-6-4-5-7-13(12)15(11)16-14/h4-7,11,14-15H,10H2,1-3H3. The van der Waals surface area contributed by atoms with E-state index in [2.05, 4.69) is 55.4 Å². The van der Waals surface area contributed by atoms with E-state index in [4.69, 9.17) is 4.74 Å². The minimum atomic E-state index is -1.26. The first-order valence-corrected chi connectivity index (χ1v) is 9.81. The van der Waals surface area contributed by atoms with Crippen molar-refractivity contribution < 1.29 is 4.74 Å². The second-order valence-corrected chi connectivity index (χ2v) is 10.8. The molecule has 0 radical (unpaired) electrons. The predicted molar refractivity (Wildman–Crippen MR) is 72.2 cm³/mol. The second kappa shape index (κ2) is 3.73. The highest BCUT2D eigenvalue weighted by Crippen LogP contribution is 2.53. The summed E-state index contributed by atoms with van der Waals surface area (Å²) in [4.78, 5) is 0. The molecule has 17 heavy (non-hydrogen) atoms. The lowest BCUT2D eigenvalue weighted by Gasteiger charge is -2.17. The number of ether oxygens (including phenoxy) is 1. The summed E-state index contributed by atoms with van der Waals surface area (Å²) in [7, 11) is -1.26. The van der Waals surface area contributed by atoms with Crippen molar-refractivity contribution in [3.63, 3.8) is 0 Å². The van der Waals surface area contributed by atoms with E-state index in [0.29, 0.717) is 12.0 Å². The monoisotopic (exact) mass is 242 g/mol. The van der Waals surface area contributed by atoms with Crippen molar-refractivity contribution in [3.8, 4) is 11.5 Å². The van der Waals surface area contributed by atoms with Crippen molar-refractivity contribution in [1.82, 2.24) is 0 Å². The lowest BCUT2D eigenvalue weighted by Crippen LogP contribution is -2.18. The predicted octanol–water partition coefficient (Wildman–Crippen LogP) is 3.70. The smallest absolute Gasteiger partial charge is 0.129 e. The SMILES string of the molecule is C[Si](C)(C)C#CC1CC2OC1c1ccccc12. The maximum Gasteiger partial charge on any atom is 0.129 e. The largest absolute Gasteiger partial charge is 0.364 e. The maximum atomic E-state index is 6.03. The fraction of sp³-hybridized carbons (Fsp3) is 0.467. The zero-order chi connectivity index (χ0) is 12.0. The number of benzene rings is 1. The van der Waals surface area contributed by atoms with Crippen LogP contribution in [0.15, 0.2) is 24.3 Å². The average Bonchev–Trinajstić information content (AvgIpc) is 2.84. The highest BCUT2D eigenvalue weighted by molar-refractivity contribution is 6.83.